The van der Waals surface area contributed by atoms with Gasteiger partial charge in [-0.25, -0.2) is 0 Å². The minimum atomic E-state index is 0.113. The minimum Gasteiger partial charge on any atom is -0.496 e. The third kappa shape index (κ3) is 4.58. The molecule has 0 saturated heterocycles. The summed E-state index contributed by atoms with van der Waals surface area (Å²) in [6.45, 7) is 5.17. The second-order valence-corrected chi connectivity index (χ2v) is 5.88. The second kappa shape index (κ2) is 6.65. The van der Waals surface area contributed by atoms with E-state index >= 15 is 0 Å². The fraction of sp³-hybridized carbons (Fsp3) is 0.500. The molecule has 0 aromatic heterocycles. The number of hydrogen-bond donors (Lipinski definition) is 1. The van der Waals surface area contributed by atoms with Gasteiger partial charge in [0.25, 0.3) is 0 Å². The Kier molecular flexibility index (Phi) is 5.49. The number of halogens is 1. The molecular weight excluding hydrogens is 292 g/mol. The molecule has 0 spiro atoms. The molecule has 0 heterocycles. The van der Waals surface area contributed by atoms with E-state index in [0.29, 0.717) is 6.42 Å². The maximum Gasteiger partial charge on any atom is 0.133 e. The van der Waals surface area contributed by atoms with E-state index in [2.05, 4.69) is 41.2 Å². The molecular formula is C14H19BrN2O. The Morgan fingerprint density at radius 3 is 2.72 bits per heavy atom. The van der Waals surface area contributed by atoms with Crippen LogP contribution in [0.5, 0.6) is 5.75 Å². The summed E-state index contributed by atoms with van der Waals surface area (Å²) in [6.07, 6.45) is 1.49. The number of hydrogen-bond acceptors (Lipinski definition) is 3. The van der Waals surface area contributed by atoms with Crippen molar-refractivity contribution in [3.63, 3.8) is 0 Å². The summed E-state index contributed by atoms with van der Waals surface area (Å²) >= 11 is 3.46. The topological polar surface area (TPSA) is 45.0 Å². The zero-order valence-electron chi connectivity index (χ0n) is 11.1. The minimum absolute atomic E-state index is 0.113. The summed E-state index contributed by atoms with van der Waals surface area (Å²) in [5, 5.41) is 12.0. The van der Waals surface area contributed by atoms with Gasteiger partial charge in [-0.3, -0.25) is 0 Å². The molecule has 3 nitrogen and oxygen atoms in total. The molecule has 0 unspecified atom stereocenters. The van der Waals surface area contributed by atoms with Crippen LogP contribution in [0.1, 0.15) is 26.7 Å². The first-order valence-corrected chi connectivity index (χ1v) is 6.72. The van der Waals surface area contributed by atoms with Gasteiger partial charge in [0.05, 0.1) is 17.7 Å². The molecule has 18 heavy (non-hydrogen) atoms. The lowest BCUT2D eigenvalue weighted by molar-refractivity contribution is 0.364. The lowest BCUT2D eigenvalue weighted by Crippen LogP contribution is -2.22. The van der Waals surface area contributed by atoms with Gasteiger partial charge >= 0.3 is 0 Å². The fourth-order valence-electron chi connectivity index (χ4n) is 1.60. The van der Waals surface area contributed by atoms with E-state index in [1.807, 2.05) is 18.2 Å². The predicted octanol–water partition coefficient (Wildman–Crippen LogP) is 4.20. The number of nitriles is 1. The van der Waals surface area contributed by atoms with Gasteiger partial charge in [0.1, 0.15) is 5.75 Å². The number of nitrogens with zero attached hydrogens (tertiary/aromatic N) is 1. The summed E-state index contributed by atoms with van der Waals surface area (Å²) in [7, 11) is 1.65. The van der Waals surface area contributed by atoms with Crippen LogP contribution in [0.2, 0.25) is 0 Å². The Hall–Kier alpha value is -1.21. The summed E-state index contributed by atoms with van der Waals surface area (Å²) in [6, 6.07) is 8.11. The van der Waals surface area contributed by atoms with Crippen molar-refractivity contribution >= 4 is 21.6 Å². The van der Waals surface area contributed by atoms with Crippen LogP contribution >= 0.6 is 15.9 Å². The summed E-state index contributed by atoms with van der Waals surface area (Å²) in [5.74, 6) is 0.823. The summed E-state index contributed by atoms with van der Waals surface area (Å²) < 4.78 is 6.12. The van der Waals surface area contributed by atoms with Crippen molar-refractivity contribution in [1.82, 2.24) is 0 Å². The number of benzene rings is 1. The maximum atomic E-state index is 8.62. The van der Waals surface area contributed by atoms with Crippen LogP contribution in [0.4, 0.5) is 5.69 Å². The quantitative estimate of drug-likeness (QED) is 0.856. The normalized spacial score (nSPS) is 10.8. The Morgan fingerprint density at radius 1 is 1.44 bits per heavy atom. The van der Waals surface area contributed by atoms with Gasteiger partial charge in [-0.1, -0.05) is 13.8 Å². The smallest absolute Gasteiger partial charge is 0.133 e. The standard InChI is InChI=1S/C14H19BrN2O/c1-14(2,7-4-8-16)10-17-11-5-6-13(18-3)12(15)9-11/h5-6,9,17H,4,7,10H2,1-3H3. The van der Waals surface area contributed by atoms with Crippen LogP contribution in [0.3, 0.4) is 0 Å². The van der Waals surface area contributed by atoms with Crippen molar-refractivity contribution in [2.45, 2.75) is 26.7 Å². The van der Waals surface area contributed by atoms with Gasteiger partial charge in [-0.05, 0) is 46.0 Å². The molecule has 0 fully saturated rings. The predicted molar refractivity (Wildman–Crippen MR) is 77.8 cm³/mol. The van der Waals surface area contributed by atoms with Crippen LogP contribution in [0.25, 0.3) is 0 Å². The Balaban J connectivity index is 2.58. The van der Waals surface area contributed by atoms with E-state index in [-0.39, 0.29) is 5.41 Å². The molecule has 1 aromatic carbocycles. The van der Waals surface area contributed by atoms with Crippen molar-refractivity contribution in [3.05, 3.63) is 22.7 Å². The van der Waals surface area contributed by atoms with Crippen molar-refractivity contribution in [1.29, 1.82) is 5.26 Å². The molecule has 98 valence electrons. The highest BCUT2D eigenvalue weighted by molar-refractivity contribution is 9.10. The lowest BCUT2D eigenvalue weighted by atomic mass is 9.88. The monoisotopic (exact) mass is 310 g/mol. The number of rotatable bonds is 6. The van der Waals surface area contributed by atoms with Crippen molar-refractivity contribution in [2.75, 3.05) is 19.0 Å². The average Bonchev–Trinajstić information content (AvgIpc) is 2.34. The van der Waals surface area contributed by atoms with Gasteiger partial charge in [0.15, 0.2) is 0 Å². The Labute approximate surface area is 117 Å². The van der Waals surface area contributed by atoms with Crippen LogP contribution < -0.4 is 10.1 Å². The highest BCUT2D eigenvalue weighted by Crippen LogP contribution is 2.29. The second-order valence-electron chi connectivity index (χ2n) is 5.03. The molecule has 0 radical (unpaired) electrons. The van der Waals surface area contributed by atoms with Crippen LogP contribution in [-0.4, -0.2) is 13.7 Å². The fourth-order valence-corrected chi connectivity index (χ4v) is 2.14. The zero-order valence-corrected chi connectivity index (χ0v) is 12.7. The third-order valence-corrected chi connectivity index (χ3v) is 3.46. The van der Waals surface area contributed by atoms with E-state index in [9.17, 15) is 0 Å². The highest BCUT2D eigenvalue weighted by Gasteiger charge is 2.17. The SMILES string of the molecule is COc1ccc(NCC(C)(C)CCC#N)cc1Br. The van der Waals surface area contributed by atoms with Crippen LogP contribution in [-0.2, 0) is 0 Å². The highest BCUT2D eigenvalue weighted by atomic mass is 79.9. The number of nitrogens with one attached hydrogen (secondary N) is 1. The van der Waals surface area contributed by atoms with Gasteiger partial charge in [-0.2, -0.15) is 5.26 Å². The molecule has 0 saturated carbocycles. The number of anilines is 1. The van der Waals surface area contributed by atoms with E-state index < -0.39 is 0 Å². The first-order chi connectivity index (χ1) is 8.48. The maximum absolute atomic E-state index is 8.62. The molecule has 0 amide bonds. The molecule has 4 heteroatoms. The number of ether oxygens (including phenoxy) is 1. The first kappa shape index (κ1) is 14.8. The van der Waals surface area contributed by atoms with Crippen molar-refractivity contribution in [3.8, 4) is 11.8 Å². The van der Waals surface area contributed by atoms with Gasteiger partial charge < -0.3 is 10.1 Å². The third-order valence-electron chi connectivity index (χ3n) is 2.84. The van der Waals surface area contributed by atoms with Gasteiger partial charge in [0, 0.05) is 18.7 Å². The summed E-state index contributed by atoms with van der Waals surface area (Å²) in [5.41, 5.74) is 1.16. The Bertz CT molecular complexity index is 438. The van der Waals surface area contributed by atoms with E-state index in [1.54, 1.807) is 7.11 Å². The first-order valence-electron chi connectivity index (χ1n) is 5.93. The lowest BCUT2D eigenvalue weighted by Gasteiger charge is -2.24. The van der Waals surface area contributed by atoms with Gasteiger partial charge in [0.2, 0.25) is 0 Å². The van der Waals surface area contributed by atoms with E-state index in [1.165, 1.54) is 0 Å². The molecule has 0 aliphatic rings. The zero-order chi connectivity index (χ0) is 13.6. The van der Waals surface area contributed by atoms with Crippen molar-refractivity contribution < 1.29 is 4.74 Å². The molecule has 1 rings (SSSR count). The molecule has 0 atom stereocenters. The molecule has 0 aliphatic carbocycles. The van der Waals surface area contributed by atoms with Crippen LogP contribution in [0.15, 0.2) is 22.7 Å². The Morgan fingerprint density at radius 2 is 2.17 bits per heavy atom. The molecule has 1 aromatic rings. The van der Waals surface area contributed by atoms with E-state index in [4.69, 9.17) is 10.00 Å². The molecule has 0 bridgehead atoms. The van der Waals surface area contributed by atoms with Gasteiger partial charge in [-0.15, -0.1) is 0 Å². The molecule has 0 aliphatic heterocycles. The molecule has 1 N–H and O–H groups in total. The number of methoxy groups -OCH3 is 1. The average molecular weight is 311 g/mol. The van der Waals surface area contributed by atoms with E-state index in [0.717, 1.165) is 28.9 Å². The largest absolute Gasteiger partial charge is 0.496 e. The van der Waals surface area contributed by atoms with Crippen molar-refractivity contribution in [2.24, 2.45) is 5.41 Å². The summed E-state index contributed by atoms with van der Waals surface area (Å²) in [4.78, 5) is 0. The van der Waals surface area contributed by atoms with Crippen LogP contribution in [0, 0.1) is 16.7 Å².